The van der Waals surface area contributed by atoms with E-state index in [1.807, 2.05) is 0 Å². The molecule has 0 bridgehead atoms. The zero-order valence-corrected chi connectivity index (χ0v) is 13.0. The summed E-state index contributed by atoms with van der Waals surface area (Å²) >= 11 is 0. The Balaban J connectivity index is 1.79. The van der Waals surface area contributed by atoms with E-state index in [0.717, 1.165) is 10.6 Å². The Morgan fingerprint density at radius 1 is 1.29 bits per heavy atom. The van der Waals surface area contributed by atoms with E-state index in [-0.39, 0.29) is 31.2 Å². The molecule has 1 aromatic rings. The predicted octanol–water partition coefficient (Wildman–Crippen LogP) is 0.456. The minimum absolute atomic E-state index is 0.0460. The Kier molecular flexibility index (Phi) is 4.13. The van der Waals surface area contributed by atoms with Crippen molar-refractivity contribution in [1.82, 2.24) is 4.90 Å². The highest BCUT2D eigenvalue weighted by Gasteiger charge is 2.30. The lowest BCUT2D eigenvalue weighted by molar-refractivity contribution is -0.137. The van der Waals surface area contributed by atoms with Crippen molar-refractivity contribution < 1.29 is 19.5 Å². The number of aliphatic hydroxyl groups is 1. The molecule has 2 N–H and O–H groups in total. The average molecular weight is 328 g/mol. The van der Waals surface area contributed by atoms with Gasteiger partial charge in [-0.2, -0.15) is 5.10 Å². The van der Waals surface area contributed by atoms with Crippen LogP contribution >= 0.6 is 0 Å². The topological polar surface area (TPSA) is 102 Å². The van der Waals surface area contributed by atoms with Crippen LogP contribution in [0.4, 0.5) is 11.4 Å². The number of carbonyl (C=O) groups excluding carboxylic acids is 3. The molecule has 0 fully saturated rings. The maximum atomic E-state index is 12.1. The lowest BCUT2D eigenvalue weighted by Crippen LogP contribution is -2.34. The van der Waals surface area contributed by atoms with Crippen molar-refractivity contribution in [3.8, 4) is 0 Å². The van der Waals surface area contributed by atoms with E-state index < -0.39 is 11.8 Å². The van der Waals surface area contributed by atoms with Crippen LogP contribution < -0.4 is 10.3 Å². The molecular weight excluding hydrogens is 312 g/mol. The van der Waals surface area contributed by atoms with Crippen LogP contribution in [0.25, 0.3) is 0 Å². The van der Waals surface area contributed by atoms with Gasteiger partial charge in [0.1, 0.15) is 5.70 Å². The van der Waals surface area contributed by atoms with Crippen molar-refractivity contribution in [3.63, 3.8) is 0 Å². The molecule has 1 aromatic carbocycles. The highest BCUT2D eigenvalue weighted by molar-refractivity contribution is 6.17. The van der Waals surface area contributed by atoms with Crippen LogP contribution in [0, 0.1) is 0 Å². The number of benzene rings is 1. The van der Waals surface area contributed by atoms with E-state index in [0.29, 0.717) is 11.4 Å². The first-order chi connectivity index (χ1) is 11.5. The first kappa shape index (κ1) is 15.9. The van der Waals surface area contributed by atoms with Crippen LogP contribution in [-0.4, -0.2) is 46.6 Å². The van der Waals surface area contributed by atoms with Crippen molar-refractivity contribution >= 4 is 34.8 Å². The number of imide groups is 1. The van der Waals surface area contributed by atoms with Gasteiger partial charge < -0.3 is 10.4 Å². The molecule has 124 valence electrons. The van der Waals surface area contributed by atoms with Crippen molar-refractivity contribution in [2.45, 2.75) is 13.3 Å². The third kappa shape index (κ3) is 2.91. The Labute approximate surface area is 138 Å². The zero-order valence-electron chi connectivity index (χ0n) is 13.0. The summed E-state index contributed by atoms with van der Waals surface area (Å²) in [4.78, 5) is 36.7. The highest BCUT2D eigenvalue weighted by atomic mass is 16.3. The van der Waals surface area contributed by atoms with E-state index in [1.54, 1.807) is 31.2 Å². The lowest BCUT2D eigenvalue weighted by atomic mass is 10.2. The van der Waals surface area contributed by atoms with Crippen molar-refractivity contribution in [2.75, 3.05) is 23.5 Å². The third-order valence-corrected chi connectivity index (χ3v) is 3.62. The molecule has 8 nitrogen and oxygen atoms in total. The van der Waals surface area contributed by atoms with Gasteiger partial charge in [-0.05, 0) is 25.1 Å². The van der Waals surface area contributed by atoms with Gasteiger partial charge in [-0.25, -0.2) is 5.01 Å². The smallest absolute Gasteiger partial charge is 0.277 e. The van der Waals surface area contributed by atoms with E-state index in [4.69, 9.17) is 5.11 Å². The van der Waals surface area contributed by atoms with Crippen LogP contribution in [0.15, 0.2) is 41.1 Å². The van der Waals surface area contributed by atoms with Crippen LogP contribution in [0.3, 0.4) is 0 Å². The Hall–Kier alpha value is -3.00. The molecule has 0 saturated heterocycles. The summed E-state index contributed by atoms with van der Waals surface area (Å²) in [7, 11) is 0. The van der Waals surface area contributed by atoms with Gasteiger partial charge in [0.05, 0.1) is 25.3 Å². The van der Waals surface area contributed by atoms with Crippen molar-refractivity contribution in [1.29, 1.82) is 0 Å². The molecule has 0 unspecified atom stereocenters. The number of carbonyl (C=O) groups is 3. The third-order valence-electron chi connectivity index (χ3n) is 3.62. The number of amides is 3. The summed E-state index contributed by atoms with van der Waals surface area (Å²) in [6, 6.07) is 6.85. The number of hydrazone groups is 1. The molecule has 0 radical (unpaired) electrons. The Bertz CT molecular complexity index is 784. The SMILES string of the molecule is CC1=NN(c2cccc(NC3=CC(=O)N(CCO)C3=O)c2)C(=O)C1. The van der Waals surface area contributed by atoms with Crippen molar-refractivity contribution in [2.24, 2.45) is 5.10 Å². The van der Waals surface area contributed by atoms with E-state index >= 15 is 0 Å². The quantitative estimate of drug-likeness (QED) is 0.764. The number of β-amino-alcohol motifs (C(OH)–C–C–N with tert-alkyl or cyclic N) is 1. The summed E-state index contributed by atoms with van der Waals surface area (Å²) < 4.78 is 0. The average Bonchev–Trinajstić information content (AvgIpc) is 3.01. The molecule has 8 heteroatoms. The van der Waals surface area contributed by atoms with E-state index in [2.05, 4.69) is 10.4 Å². The second kappa shape index (κ2) is 6.25. The molecule has 0 aromatic heterocycles. The Morgan fingerprint density at radius 2 is 2.08 bits per heavy atom. The van der Waals surface area contributed by atoms with Crippen molar-refractivity contribution in [3.05, 3.63) is 36.0 Å². The highest BCUT2D eigenvalue weighted by Crippen LogP contribution is 2.25. The van der Waals surface area contributed by atoms with Crippen LogP contribution in [0.2, 0.25) is 0 Å². The minimum atomic E-state index is -0.495. The summed E-state index contributed by atoms with van der Waals surface area (Å²) in [6.45, 7) is 1.45. The molecule has 2 aliphatic heterocycles. The van der Waals surface area contributed by atoms with Gasteiger partial charge in [-0.1, -0.05) is 6.07 Å². The number of aliphatic hydroxyl groups excluding tert-OH is 1. The van der Waals surface area contributed by atoms with Gasteiger partial charge in [-0.15, -0.1) is 0 Å². The number of nitrogens with one attached hydrogen (secondary N) is 1. The Morgan fingerprint density at radius 3 is 2.75 bits per heavy atom. The van der Waals surface area contributed by atoms with Gasteiger partial charge in [0.2, 0.25) is 0 Å². The summed E-state index contributed by atoms with van der Waals surface area (Å²) in [5.74, 6) is -1.08. The lowest BCUT2D eigenvalue weighted by Gasteiger charge is -2.15. The molecule has 3 rings (SSSR count). The fourth-order valence-corrected chi connectivity index (χ4v) is 2.54. The molecule has 2 aliphatic rings. The summed E-state index contributed by atoms with van der Waals surface area (Å²) in [6.07, 6.45) is 1.47. The number of nitrogens with zero attached hydrogens (tertiary/aromatic N) is 3. The fourth-order valence-electron chi connectivity index (χ4n) is 2.54. The standard InChI is InChI=1S/C16H16N4O4/c1-10-7-15(23)20(18-10)12-4-2-3-11(8-12)17-13-9-14(22)19(5-6-21)16(13)24/h2-4,8-9,17,21H,5-7H2,1H3. The number of rotatable bonds is 5. The molecule has 0 spiro atoms. The first-order valence-corrected chi connectivity index (χ1v) is 7.42. The monoisotopic (exact) mass is 328 g/mol. The number of hydrogen-bond acceptors (Lipinski definition) is 6. The largest absolute Gasteiger partial charge is 0.395 e. The van der Waals surface area contributed by atoms with E-state index in [1.165, 1.54) is 11.1 Å². The maximum absolute atomic E-state index is 12.1. The van der Waals surface area contributed by atoms with Gasteiger partial charge >= 0.3 is 0 Å². The van der Waals surface area contributed by atoms with Crippen LogP contribution in [0.1, 0.15) is 13.3 Å². The maximum Gasteiger partial charge on any atom is 0.277 e. The predicted molar refractivity (Wildman–Crippen MR) is 87.2 cm³/mol. The van der Waals surface area contributed by atoms with E-state index in [9.17, 15) is 14.4 Å². The van der Waals surface area contributed by atoms with Gasteiger partial charge in [0, 0.05) is 17.5 Å². The van der Waals surface area contributed by atoms with Gasteiger partial charge in [-0.3, -0.25) is 19.3 Å². The normalized spacial score (nSPS) is 17.5. The van der Waals surface area contributed by atoms with Gasteiger partial charge in [0.25, 0.3) is 17.7 Å². The number of anilines is 2. The first-order valence-electron chi connectivity index (χ1n) is 7.42. The molecule has 0 aliphatic carbocycles. The molecule has 2 heterocycles. The second-order valence-corrected chi connectivity index (χ2v) is 5.47. The summed E-state index contributed by atoms with van der Waals surface area (Å²) in [5.41, 5.74) is 1.99. The fraction of sp³-hybridized carbons (Fsp3) is 0.250. The molecular formula is C16H16N4O4. The van der Waals surface area contributed by atoms with Gasteiger partial charge in [0.15, 0.2) is 0 Å². The molecule has 24 heavy (non-hydrogen) atoms. The summed E-state index contributed by atoms with van der Waals surface area (Å²) in [5, 5.41) is 17.3. The second-order valence-electron chi connectivity index (χ2n) is 5.47. The zero-order chi connectivity index (χ0) is 17.3. The van der Waals surface area contributed by atoms with Crippen LogP contribution in [0.5, 0.6) is 0 Å². The molecule has 0 saturated carbocycles. The molecule has 0 atom stereocenters. The van der Waals surface area contributed by atoms with Crippen LogP contribution in [-0.2, 0) is 14.4 Å². The minimum Gasteiger partial charge on any atom is -0.395 e. The molecule has 3 amide bonds. The number of hydrogen-bond donors (Lipinski definition) is 2.